The number of anilines is 1. The van der Waals surface area contributed by atoms with Gasteiger partial charge in [-0.3, -0.25) is 9.97 Å². The molecule has 0 aliphatic carbocycles. The first-order chi connectivity index (χ1) is 8.75. The summed E-state index contributed by atoms with van der Waals surface area (Å²) in [6, 6.07) is 3.69. The Morgan fingerprint density at radius 2 is 2.11 bits per heavy atom. The largest absolute Gasteiger partial charge is 0.427 e. The minimum absolute atomic E-state index is 0.332. The first-order valence-electron chi connectivity index (χ1n) is 5.41. The van der Waals surface area contributed by atoms with Crippen LogP contribution in [0.3, 0.4) is 0 Å². The summed E-state index contributed by atoms with van der Waals surface area (Å²) in [5, 5.41) is 3.00. The molecule has 0 amide bonds. The zero-order valence-electron chi connectivity index (χ0n) is 9.30. The van der Waals surface area contributed by atoms with Crippen molar-refractivity contribution >= 4 is 38.6 Å². The monoisotopic (exact) mass is 306 g/mol. The number of nitrogens with one attached hydrogen (secondary N) is 1. The Balaban J connectivity index is 2.02. The standard InChI is InChI=1S/C11H9BrN5O/c12-9-7(16-11-15-5-6-17(11)18)1-2-8-10(9)14-4-3-13-8/h1-4H,5-6H2,(H,15,16)/q+1. The topological polar surface area (TPSA) is 70.2 Å². The summed E-state index contributed by atoms with van der Waals surface area (Å²) in [6.45, 7) is 0.921. The maximum atomic E-state index is 11.4. The van der Waals surface area contributed by atoms with Gasteiger partial charge in [0.2, 0.25) is 0 Å². The number of guanidine groups is 1. The Hall–Kier alpha value is -1.89. The fourth-order valence-corrected chi connectivity index (χ4v) is 2.29. The molecule has 90 valence electrons. The van der Waals surface area contributed by atoms with Crippen molar-refractivity contribution in [3.63, 3.8) is 0 Å². The molecule has 0 bridgehead atoms. The van der Waals surface area contributed by atoms with Crippen molar-refractivity contribution < 1.29 is 4.76 Å². The maximum Gasteiger partial charge on any atom is 0.427 e. The number of nitroso groups, excluding NO2 is 1. The lowest BCUT2D eigenvalue weighted by atomic mass is 10.2. The number of rotatable bonds is 1. The van der Waals surface area contributed by atoms with Crippen LogP contribution in [0.1, 0.15) is 0 Å². The van der Waals surface area contributed by atoms with Crippen molar-refractivity contribution in [2.45, 2.75) is 0 Å². The van der Waals surface area contributed by atoms with Crippen LogP contribution >= 0.6 is 15.9 Å². The highest BCUT2D eigenvalue weighted by Crippen LogP contribution is 2.29. The molecule has 0 saturated heterocycles. The average molecular weight is 307 g/mol. The highest BCUT2D eigenvalue weighted by atomic mass is 79.9. The van der Waals surface area contributed by atoms with Gasteiger partial charge >= 0.3 is 5.96 Å². The molecule has 1 N–H and O–H groups in total. The van der Waals surface area contributed by atoms with E-state index in [0.717, 1.165) is 26.0 Å². The predicted molar refractivity (Wildman–Crippen MR) is 71.7 cm³/mol. The quantitative estimate of drug-likeness (QED) is 0.818. The van der Waals surface area contributed by atoms with E-state index in [0.29, 0.717) is 19.0 Å². The Morgan fingerprint density at radius 3 is 2.89 bits per heavy atom. The van der Waals surface area contributed by atoms with Gasteiger partial charge in [0.05, 0.1) is 9.99 Å². The third kappa shape index (κ3) is 1.86. The van der Waals surface area contributed by atoms with Gasteiger partial charge in [-0.2, -0.15) is 0 Å². The van der Waals surface area contributed by atoms with E-state index >= 15 is 0 Å². The van der Waals surface area contributed by atoms with Crippen LogP contribution < -0.4 is 5.32 Å². The first-order valence-corrected chi connectivity index (χ1v) is 6.20. The van der Waals surface area contributed by atoms with Crippen LogP contribution in [0.5, 0.6) is 0 Å². The SMILES string of the molecule is O=[N+]1CCN=C1Nc1ccc2nccnc2c1Br. The lowest BCUT2D eigenvalue weighted by molar-refractivity contribution is -0.417. The number of hydrogen-bond acceptors (Lipinski definition) is 5. The zero-order valence-corrected chi connectivity index (χ0v) is 10.9. The molecular weight excluding hydrogens is 298 g/mol. The number of fused-ring (bicyclic) bond motifs is 1. The van der Waals surface area contributed by atoms with Crippen LogP contribution in [0.25, 0.3) is 11.0 Å². The lowest BCUT2D eigenvalue weighted by Gasteiger charge is -2.04. The van der Waals surface area contributed by atoms with E-state index in [1.165, 1.54) is 0 Å². The molecule has 0 spiro atoms. The number of halogens is 1. The predicted octanol–water partition coefficient (Wildman–Crippen LogP) is 1.95. The highest BCUT2D eigenvalue weighted by Gasteiger charge is 2.25. The van der Waals surface area contributed by atoms with Crippen LogP contribution in [0.15, 0.2) is 34.0 Å². The molecule has 1 aromatic carbocycles. The average Bonchev–Trinajstić information content (AvgIpc) is 2.79. The summed E-state index contributed by atoms with van der Waals surface area (Å²) in [6.07, 6.45) is 3.27. The molecule has 2 heterocycles. The van der Waals surface area contributed by atoms with Crippen LogP contribution in [-0.4, -0.2) is 33.8 Å². The molecule has 0 atom stereocenters. The molecule has 1 aliphatic heterocycles. The molecule has 7 heteroatoms. The fourth-order valence-electron chi connectivity index (χ4n) is 1.75. The van der Waals surface area contributed by atoms with E-state index in [2.05, 4.69) is 36.2 Å². The molecule has 1 aromatic heterocycles. The van der Waals surface area contributed by atoms with Gasteiger partial charge in [-0.25, -0.2) is 5.32 Å². The van der Waals surface area contributed by atoms with Crippen molar-refractivity contribution in [2.75, 3.05) is 18.4 Å². The molecule has 18 heavy (non-hydrogen) atoms. The van der Waals surface area contributed by atoms with Gasteiger partial charge in [-0.1, -0.05) is 4.91 Å². The van der Waals surface area contributed by atoms with E-state index in [1.807, 2.05) is 12.1 Å². The smallest absolute Gasteiger partial charge is 0.253 e. The lowest BCUT2D eigenvalue weighted by Crippen LogP contribution is -2.22. The highest BCUT2D eigenvalue weighted by molar-refractivity contribution is 9.10. The van der Waals surface area contributed by atoms with Crippen molar-refractivity contribution in [1.29, 1.82) is 0 Å². The van der Waals surface area contributed by atoms with Gasteiger partial charge in [0.25, 0.3) is 0 Å². The second-order valence-electron chi connectivity index (χ2n) is 3.78. The minimum Gasteiger partial charge on any atom is -0.253 e. The molecule has 1 aliphatic rings. The van der Waals surface area contributed by atoms with Crippen molar-refractivity contribution in [3.8, 4) is 0 Å². The zero-order chi connectivity index (χ0) is 12.5. The van der Waals surface area contributed by atoms with Crippen LogP contribution in [0.2, 0.25) is 0 Å². The van der Waals surface area contributed by atoms with Gasteiger partial charge < -0.3 is 0 Å². The van der Waals surface area contributed by atoms with Crippen molar-refractivity contribution in [2.24, 2.45) is 4.99 Å². The van der Waals surface area contributed by atoms with Crippen molar-refractivity contribution in [1.82, 2.24) is 9.97 Å². The molecule has 2 aromatic rings. The Labute approximate surface area is 111 Å². The Morgan fingerprint density at radius 1 is 1.28 bits per heavy atom. The minimum atomic E-state index is 0.332. The van der Waals surface area contributed by atoms with Gasteiger partial charge in [0, 0.05) is 12.4 Å². The molecule has 0 radical (unpaired) electrons. The summed E-state index contributed by atoms with van der Waals surface area (Å²) >= 11 is 3.47. The number of aromatic nitrogens is 2. The van der Waals surface area contributed by atoms with E-state index < -0.39 is 0 Å². The van der Waals surface area contributed by atoms with E-state index in [9.17, 15) is 4.91 Å². The Bertz CT molecular complexity index is 670. The van der Waals surface area contributed by atoms with Crippen LogP contribution in [-0.2, 0) is 0 Å². The summed E-state index contributed by atoms with van der Waals surface area (Å²) in [7, 11) is 0. The normalized spacial score (nSPS) is 14.9. The summed E-state index contributed by atoms with van der Waals surface area (Å²) in [5.41, 5.74) is 2.30. The number of nitrogens with zero attached hydrogens (tertiary/aromatic N) is 4. The van der Waals surface area contributed by atoms with E-state index in [-0.39, 0.29) is 0 Å². The molecular formula is C11H9BrN5O+. The van der Waals surface area contributed by atoms with E-state index in [4.69, 9.17) is 0 Å². The summed E-state index contributed by atoms with van der Waals surface area (Å²) < 4.78 is 1.61. The molecule has 0 saturated carbocycles. The van der Waals surface area contributed by atoms with Gasteiger partial charge in [0.1, 0.15) is 24.3 Å². The van der Waals surface area contributed by atoms with E-state index in [1.54, 1.807) is 12.4 Å². The molecule has 0 fully saturated rings. The van der Waals surface area contributed by atoms with Crippen molar-refractivity contribution in [3.05, 3.63) is 33.9 Å². The maximum absolute atomic E-state index is 11.4. The second kappa shape index (κ2) is 4.41. The first kappa shape index (κ1) is 11.2. The van der Waals surface area contributed by atoms with Crippen LogP contribution in [0.4, 0.5) is 5.69 Å². The number of aliphatic imine (C=N–C) groups is 1. The summed E-state index contributed by atoms with van der Waals surface area (Å²) in [5.74, 6) is 0.332. The van der Waals surface area contributed by atoms with Gasteiger partial charge in [-0.05, 0) is 32.8 Å². The third-order valence-electron chi connectivity index (χ3n) is 2.63. The summed E-state index contributed by atoms with van der Waals surface area (Å²) in [4.78, 5) is 24.0. The molecule has 6 nitrogen and oxygen atoms in total. The second-order valence-corrected chi connectivity index (χ2v) is 4.58. The number of hydrogen-bond donors (Lipinski definition) is 1. The molecule has 3 rings (SSSR count). The fraction of sp³-hybridized carbons (Fsp3) is 0.182. The number of benzene rings is 1. The third-order valence-corrected chi connectivity index (χ3v) is 3.43. The van der Waals surface area contributed by atoms with Crippen LogP contribution in [0, 0.1) is 4.91 Å². The van der Waals surface area contributed by atoms with Gasteiger partial charge in [0.15, 0.2) is 0 Å². The van der Waals surface area contributed by atoms with Gasteiger partial charge in [-0.15, -0.1) is 4.99 Å². The Kier molecular flexibility index (Phi) is 2.75. The molecule has 0 unspecified atom stereocenters.